The number of benzene rings is 1. The lowest BCUT2D eigenvalue weighted by atomic mass is 10.2. The van der Waals surface area contributed by atoms with E-state index >= 15 is 0 Å². The quantitative estimate of drug-likeness (QED) is 0.739. The lowest BCUT2D eigenvalue weighted by Gasteiger charge is -2.26. The maximum absolute atomic E-state index is 13.3. The molecule has 0 bridgehead atoms. The maximum atomic E-state index is 13.3. The average Bonchev–Trinajstić information content (AvgIpc) is 2.33. The molecule has 0 saturated carbocycles. The number of sulfonamides is 1. The molecule has 8 heteroatoms. The molecule has 1 aliphatic heterocycles. The number of anilines is 1. The highest BCUT2D eigenvalue weighted by Crippen LogP contribution is 2.24. The molecule has 1 saturated heterocycles. The molecule has 2 rings (SSSR count). The van der Waals surface area contributed by atoms with E-state index < -0.39 is 15.8 Å². The highest BCUT2D eigenvalue weighted by atomic mass is 32.2. The van der Waals surface area contributed by atoms with Gasteiger partial charge in [-0.15, -0.1) is 0 Å². The molecule has 0 unspecified atom stereocenters. The van der Waals surface area contributed by atoms with Crippen molar-refractivity contribution >= 4 is 21.6 Å². The van der Waals surface area contributed by atoms with Gasteiger partial charge in [-0.05, 0) is 24.6 Å². The van der Waals surface area contributed by atoms with Crippen molar-refractivity contribution < 1.29 is 17.6 Å². The molecule has 3 N–H and O–H groups in total. The molecule has 1 fully saturated rings. The van der Waals surface area contributed by atoms with Crippen LogP contribution >= 0.6 is 0 Å². The molecular weight excluding hydrogens is 273 g/mol. The van der Waals surface area contributed by atoms with Gasteiger partial charge in [-0.2, -0.15) is 4.31 Å². The van der Waals surface area contributed by atoms with Crippen molar-refractivity contribution in [2.75, 3.05) is 25.4 Å². The third kappa shape index (κ3) is 2.54. The van der Waals surface area contributed by atoms with Crippen molar-refractivity contribution in [1.82, 2.24) is 9.62 Å². The Kier molecular flexibility index (Phi) is 3.46. The number of nitrogen functional groups attached to an aromatic ring is 1. The monoisotopic (exact) mass is 287 g/mol. The SMILES string of the molecule is Cc1cc(F)c(N)cc1S(=O)(=O)N1CCNC(=O)C1. The van der Waals surface area contributed by atoms with Crippen LogP contribution in [0.2, 0.25) is 0 Å². The number of nitrogens with two attached hydrogens (primary N) is 1. The predicted molar refractivity (Wildman–Crippen MR) is 67.3 cm³/mol. The fourth-order valence-corrected chi connectivity index (χ4v) is 3.54. The summed E-state index contributed by atoms with van der Waals surface area (Å²) in [6, 6.07) is 2.17. The topological polar surface area (TPSA) is 92.5 Å². The van der Waals surface area contributed by atoms with Crippen molar-refractivity contribution in [2.24, 2.45) is 0 Å². The molecule has 0 aromatic heterocycles. The molecule has 0 aliphatic carbocycles. The number of nitrogens with one attached hydrogen (secondary N) is 1. The van der Waals surface area contributed by atoms with Crippen LogP contribution in [0.5, 0.6) is 0 Å². The third-order valence-corrected chi connectivity index (χ3v) is 4.90. The number of halogens is 1. The molecule has 1 aromatic rings. The van der Waals surface area contributed by atoms with Gasteiger partial charge in [-0.25, -0.2) is 12.8 Å². The van der Waals surface area contributed by atoms with Gasteiger partial charge >= 0.3 is 0 Å². The van der Waals surface area contributed by atoms with Crippen LogP contribution in [0.25, 0.3) is 0 Å². The molecule has 1 aromatic carbocycles. The summed E-state index contributed by atoms with van der Waals surface area (Å²) in [6.07, 6.45) is 0. The van der Waals surface area contributed by atoms with Gasteiger partial charge in [0.1, 0.15) is 5.82 Å². The predicted octanol–water partition coefficient (Wildman–Crippen LogP) is -0.163. The van der Waals surface area contributed by atoms with Crippen LogP contribution in [0.3, 0.4) is 0 Å². The third-order valence-electron chi connectivity index (χ3n) is 2.92. The van der Waals surface area contributed by atoms with E-state index in [1.165, 1.54) is 6.92 Å². The van der Waals surface area contributed by atoms with E-state index in [-0.39, 0.29) is 41.7 Å². The van der Waals surface area contributed by atoms with Crippen molar-refractivity contribution in [1.29, 1.82) is 0 Å². The Morgan fingerprint density at radius 1 is 1.42 bits per heavy atom. The summed E-state index contributed by atoms with van der Waals surface area (Å²) >= 11 is 0. The molecule has 104 valence electrons. The number of piperazine rings is 1. The van der Waals surface area contributed by atoms with Gasteiger partial charge in [0.25, 0.3) is 0 Å². The number of aryl methyl sites for hydroxylation is 1. The summed E-state index contributed by atoms with van der Waals surface area (Å²) in [7, 11) is -3.84. The minimum atomic E-state index is -3.84. The van der Waals surface area contributed by atoms with E-state index in [1.807, 2.05) is 0 Å². The lowest BCUT2D eigenvalue weighted by Crippen LogP contribution is -2.49. The van der Waals surface area contributed by atoms with Gasteiger partial charge in [0.2, 0.25) is 15.9 Å². The van der Waals surface area contributed by atoms with Crippen LogP contribution in [-0.4, -0.2) is 38.3 Å². The van der Waals surface area contributed by atoms with Gasteiger partial charge in [-0.1, -0.05) is 0 Å². The Morgan fingerprint density at radius 2 is 2.11 bits per heavy atom. The first-order valence-electron chi connectivity index (χ1n) is 5.65. The van der Waals surface area contributed by atoms with Crippen molar-refractivity contribution in [3.63, 3.8) is 0 Å². The Hall–Kier alpha value is -1.67. The first kappa shape index (κ1) is 13.8. The first-order chi connectivity index (χ1) is 8.82. The number of hydrogen-bond donors (Lipinski definition) is 2. The highest BCUT2D eigenvalue weighted by molar-refractivity contribution is 7.89. The van der Waals surface area contributed by atoms with E-state index in [4.69, 9.17) is 5.73 Å². The molecular formula is C11H14FN3O3S. The fourth-order valence-electron chi connectivity index (χ4n) is 1.91. The van der Waals surface area contributed by atoms with Crippen LogP contribution in [0, 0.1) is 12.7 Å². The smallest absolute Gasteiger partial charge is 0.243 e. The lowest BCUT2D eigenvalue weighted by molar-refractivity contribution is -0.122. The van der Waals surface area contributed by atoms with Crippen molar-refractivity contribution in [2.45, 2.75) is 11.8 Å². The van der Waals surface area contributed by atoms with Gasteiger partial charge in [0.15, 0.2) is 0 Å². The number of hydrogen-bond acceptors (Lipinski definition) is 4. The average molecular weight is 287 g/mol. The number of carbonyl (C=O) groups is 1. The Balaban J connectivity index is 2.44. The zero-order valence-corrected chi connectivity index (χ0v) is 11.1. The minimum Gasteiger partial charge on any atom is -0.396 e. The fraction of sp³-hybridized carbons (Fsp3) is 0.364. The maximum Gasteiger partial charge on any atom is 0.243 e. The Labute approximate surface area is 110 Å². The number of carbonyl (C=O) groups excluding carboxylic acids is 1. The summed E-state index contributed by atoms with van der Waals surface area (Å²) in [6.45, 7) is 1.69. The van der Waals surface area contributed by atoms with Crippen LogP contribution in [0.4, 0.5) is 10.1 Å². The van der Waals surface area contributed by atoms with Crippen LogP contribution in [0.15, 0.2) is 17.0 Å². The van der Waals surface area contributed by atoms with E-state index in [1.54, 1.807) is 0 Å². The second kappa shape index (κ2) is 4.78. The molecule has 19 heavy (non-hydrogen) atoms. The largest absolute Gasteiger partial charge is 0.396 e. The van der Waals surface area contributed by atoms with Crippen LogP contribution in [0.1, 0.15) is 5.56 Å². The molecule has 0 atom stereocenters. The summed E-state index contributed by atoms with van der Waals surface area (Å²) in [5, 5.41) is 2.54. The molecule has 6 nitrogen and oxygen atoms in total. The normalized spacial score (nSPS) is 17.3. The number of nitrogens with zero attached hydrogens (tertiary/aromatic N) is 1. The Bertz CT molecular complexity index is 630. The zero-order valence-electron chi connectivity index (χ0n) is 10.3. The van der Waals surface area contributed by atoms with Crippen molar-refractivity contribution in [3.8, 4) is 0 Å². The molecule has 1 aliphatic rings. The number of amides is 1. The second-order valence-electron chi connectivity index (χ2n) is 4.33. The van der Waals surface area contributed by atoms with E-state index in [0.29, 0.717) is 0 Å². The highest BCUT2D eigenvalue weighted by Gasteiger charge is 2.30. The minimum absolute atomic E-state index is 0.0684. The Morgan fingerprint density at radius 3 is 2.74 bits per heavy atom. The standard InChI is InChI=1S/C11H14FN3O3S/c1-7-4-8(12)9(13)5-10(7)19(17,18)15-3-2-14-11(16)6-15/h4-5H,2-3,6,13H2,1H3,(H,14,16). The summed E-state index contributed by atoms with van der Waals surface area (Å²) in [5.41, 5.74) is 5.44. The summed E-state index contributed by atoms with van der Waals surface area (Å²) < 4.78 is 39.1. The molecule has 1 amide bonds. The first-order valence-corrected chi connectivity index (χ1v) is 7.09. The molecule has 0 spiro atoms. The van der Waals surface area contributed by atoms with Crippen molar-refractivity contribution in [3.05, 3.63) is 23.5 Å². The second-order valence-corrected chi connectivity index (χ2v) is 6.23. The number of rotatable bonds is 2. The van der Waals surface area contributed by atoms with Gasteiger partial charge < -0.3 is 11.1 Å². The van der Waals surface area contributed by atoms with E-state index in [2.05, 4.69) is 5.32 Å². The van der Waals surface area contributed by atoms with E-state index in [0.717, 1.165) is 16.4 Å². The summed E-state index contributed by atoms with van der Waals surface area (Å²) in [4.78, 5) is 11.2. The van der Waals surface area contributed by atoms with Gasteiger partial charge in [-0.3, -0.25) is 4.79 Å². The molecule has 1 heterocycles. The van der Waals surface area contributed by atoms with Crippen LogP contribution < -0.4 is 11.1 Å². The van der Waals surface area contributed by atoms with Gasteiger partial charge in [0, 0.05) is 13.1 Å². The zero-order chi connectivity index (χ0) is 14.2. The van der Waals surface area contributed by atoms with Gasteiger partial charge in [0.05, 0.1) is 17.1 Å². The summed E-state index contributed by atoms with van der Waals surface area (Å²) in [5.74, 6) is -1.02. The van der Waals surface area contributed by atoms with E-state index in [9.17, 15) is 17.6 Å². The van der Waals surface area contributed by atoms with Crippen LogP contribution in [-0.2, 0) is 14.8 Å². The molecule has 0 radical (unpaired) electrons.